The van der Waals surface area contributed by atoms with Crippen LogP contribution in [-0.2, 0) is 26.0 Å². The highest BCUT2D eigenvalue weighted by Gasteiger charge is 2.30. The number of sulfonamides is 1. The molecule has 2 N–H and O–H groups in total. The molecule has 0 saturated carbocycles. The van der Waals surface area contributed by atoms with E-state index in [1.165, 1.54) is 20.1 Å². The lowest BCUT2D eigenvalue weighted by atomic mass is 10.1. The number of carbonyl (C=O) groups is 2. The molecule has 1 unspecified atom stereocenters. The molecule has 0 saturated heterocycles. The normalized spacial score (nSPS) is 15.5. The van der Waals surface area contributed by atoms with Crippen LogP contribution < -0.4 is 19.7 Å². The number of benzene rings is 2. The van der Waals surface area contributed by atoms with E-state index in [1.807, 2.05) is 6.92 Å². The highest BCUT2D eigenvalue weighted by molar-refractivity contribution is 7.89. The van der Waals surface area contributed by atoms with Gasteiger partial charge in [-0.3, -0.25) is 9.59 Å². The highest BCUT2D eigenvalue weighted by atomic mass is 35.5. The van der Waals surface area contributed by atoms with Gasteiger partial charge in [-0.1, -0.05) is 11.6 Å². The lowest BCUT2D eigenvalue weighted by molar-refractivity contribution is -0.117. The van der Waals surface area contributed by atoms with Gasteiger partial charge in [0.1, 0.15) is 5.75 Å². The van der Waals surface area contributed by atoms with Gasteiger partial charge < -0.3 is 15.0 Å². The number of anilines is 2. The van der Waals surface area contributed by atoms with Crippen molar-refractivity contribution in [3.8, 4) is 5.75 Å². The summed E-state index contributed by atoms with van der Waals surface area (Å²) in [6.45, 7) is 3.34. The van der Waals surface area contributed by atoms with Gasteiger partial charge in [0.25, 0.3) is 0 Å². The van der Waals surface area contributed by atoms with Crippen molar-refractivity contribution in [3.05, 3.63) is 47.0 Å². The van der Waals surface area contributed by atoms with E-state index in [0.29, 0.717) is 22.9 Å². The standard InChI is InChI=1S/C21H24ClN3O5S/c1-13-10-15-11-17(5-6-19(15)25(13)14(2)26)31(28,29)23-9-8-21(27)24-16-4-7-20(30-3)18(22)12-16/h4-7,11-13,23H,8-10H2,1-3H3,(H,24,27). The molecule has 0 bridgehead atoms. The van der Waals surface area contributed by atoms with Crippen molar-refractivity contribution in [3.63, 3.8) is 0 Å². The zero-order valence-corrected chi connectivity index (χ0v) is 19.0. The van der Waals surface area contributed by atoms with Crippen molar-refractivity contribution < 1.29 is 22.7 Å². The number of nitrogens with zero attached hydrogens (tertiary/aromatic N) is 1. The quantitative estimate of drug-likeness (QED) is 0.654. The molecule has 1 aliphatic rings. The molecule has 166 valence electrons. The molecule has 3 rings (SSSR count). The number of fused-ring (bicyclic) bond motifs is 1. The van der Waals surface area contributed by atoms with Gasteiger partial charge in [-0.15, -0.1) is 0 Å². The van der Waals surface area contributed by atoms with Gasteiger partial charge >= 0.3 is 0 Å². The van der Waals surface area contributed by atoms with E-state index in [9.17, 15) is 18.0 Å². The van der Waals surface area contributed by atoms with Crippen molar-refractivity contribution in [2.24, 2.45) is 0 Å². The van der Waals surface area contributed by atoms with Crippen LogP contribution in [-0.4, -0.2) is 39.9 Å². The molecule has 31 heavy (non-hydrogen) atoms. The summed E-state index contributed by atoms with van der Waals surface area (Å²) in [7, 11) is -2.30. The van der Waals surface area contributed by atoms with Gasteiger partial charge in [0.05, 0.1) is 17.0 Å². The smallest absolute Gasteiger partial charge is 0.240 e. The molecule has 1 heterocycles. The zero-order chi connectivity index (χ0) is 22.8. The summed E-state index contributed by atoms with van der Waals surface area (Å²) < 4.78 is 32.8. The first-order chi connectivity index (χ1) is 14.6. The summed E-state index contributed by atoms with van der Waals surface area (Å²) in [5.41, 5.74) is 2.03. The molecule has 1 aliphatic heterocycles. The number of amides is 2. The molecule has 0 radical (unpaired) electrons. The Bertz CT molecular complexity index is 1120. The molecule has 0 fully saturated rings. The third kappa shape index (κ3) is 5.17. The molecule has 10 heteroatoms. The van der Waals surface area contributed by atoms with Crippen LogP contribution in [0.3, 0.4) is 0 Å². The average molecular weight is 466 g/mol. The molecule has 8 nitrogen and oxygen atoms in total. The first-order valence-electron chi connectivity index (χ1n) is 9.68. The Kier molecular flexibility index (Phi) is 6.88. The van der Waals surface area contributed by atoms with E-state index >= 15 is 0 Å². The van der Waals surface area contributed by atoms with E-state index < -0.39 is 10.0 Å². The molecule has 0 aromatic heterocycles. The lowest BCUT2D eigenvalue weighted by Crippen LogP contribution is -2.33. The van der Waals surface area contributed by atoms with Crippen LogP contribution in [0, 0.1) is 0 Å². The molecule has 2 amide bonds. The zero-order valence-electron chi connectivity index (χ0n) is 17.4. The SMILES string of the molecule is COc1ccc(NC(=O)CCNS(=O)(=O)c2ccc3c(c2)CC(C)N3C(C)=O)cc1Cl. The number of nitrogens with one attached hydrogen (secondary N) is 2. The van der Waals surface area contributed by atoms with E-state index in [-0.39, 0.29) is 35.7 Å². The maximum absolute atomic E-state index is 12.6. The maximum Gasteiger partial charge on any atom is 0.240 e. The Morgan fingerprint density at radius 3 is 2.61 bits per heavy atom. The minimum absolute atomic E-state index is 0.0198. The Balaban J connectivity index is 1.59. The van der Waals surface area contributed by atoms with E-state index in [2.05, 4.69) is 10.0 Å². The molecular weight excluding hydrogens is 442 g/mol. The van der Waals surface area contributed by atoms with Crippen LogP contribution in [0.1, 0.15) is 25.8 Å². The van der Waals surface area contributed by atoms with Gasteiger partial charge in [-0.2, -0.15) is 0 Å². The van der Waals surface area contributed by atoms with Gasteiger partial charge in [0.2, 0.25) is 21.8 Å². The van der Waals surface area contributed by atoms with Crippen LogP contribution in [0.2, 0.25) is 5.02 Å². The maximum atomic E-state index is 12.6. The van der Waals surface area contributed by atoms with E-state index in [4.69, 9.17) is 16.3 Å². The summed E-state index contributed by atoms with van der Waals surface area (Å²) in [5.74, 6) is 0.0514. The third-order valence-corrected chi connectivity index (χ3v) is 6.75. The number of ether oxygens (including phenoxy) is 1. The van der Waals surface area contributed by atoms with Crippen molar-refractivity contribution >= 4 is 44.8 Å². The number of rotatable bonds is 7. The molecule has 0 spiro atoms. The summed E-state index contributed by atoms with van der Waals surface area (Å²) in [4.78, 5) is 25.7. The largest absolute Gasteiger partial charge is 0.495 e. The molecular formula is C21H24ClN3O5S. The van der Waals surface area contributed by atoms with Crippen LogP contribution in [0.5, 0.6) is 5.75 Å². The average Bonchev–Trinajstić information content (AvgIpc) is 3.03. The Morgan fingerprint density at radius 1 is 1.23 bits per heavy atom. The minimum Gasteiger partial charge on any atom is -0.495 e. The fraction of sp³-hybridized carbons (Fsp3) is 0.333. The molecule has 0 aliphatic carbocycles. The summed E-state index contributed by atoms with van der Waals surface area (Å²) in [6, 6.07) is 9.50. The second-order valence-electron chi connectivity index (χ2n) is 7.28. The van der Waals surface area contributed by atoms with Crippen molar-refractivity contribution in [2.75, 3.05) is 23.9 Å². The summed E-state index contributed by atoms with van der Waals surface area (Å²) in [5, 5.41) is 3.02. The van der Waals surface area contributed by atoms with Crippen LogP contribution >= 0.6 is 11.6 Å². The van der Waals surface area contributed by atoms with Gasteiger partial charge in [-0.25, -0.2) is 13.1 Å². The Hall–Kier alpha value is -2.62. The second kappa shape index (κ2) is 9.25. The van der Waals surface area contributed by atoms with Crippen LogP contribution in [0.25, 0.3) is 0 Å². The predicted molar refractivity (Wildman–Crippen MR) is 119 cm³/mol. The summed E-state index contributed by atoms with van der Waals surface area (Å²) in [6.07, 6.45) is 0.536. The molecule has 2 aromatic carbocycles. The third-order valence-electron chi connectivity index (χ3n) is 5.00. The topological polar surface area (TPSA) is 105 Å². The second-order valence-corrected chi connectivity index (χ2v) is 9.45. The van der Waals surface area contributed by atoms with E-state index in [0.717, 1.165) is 11.3 Å². The van der Waals surface area contributed by atoms with Crippen molar-refractivity contribution in [1.29, 1.82) is 0 Å². The fourth-order valence-corrected chi connectivity index (χ4v) is 4.94. The minimum atomic E-state index is -3.79. The lowest BCUT2D eigenvalue weighted by Gasteiger charge is -2.20. The van der Waals surface area contributed by atoms with Crippen LogP contribution in [0.15, 0.2) is 41.3 Å². The van der Waals surface area contributed by atoms with Crippen LogP contribution in [0.4, 0.5) is 11.4 Å². The number of hydrogen-bond donors (Lipinski definition) is 2. The predicted octanol–water partition coefficient (Wildman–Crippen LogP) is 2.95. The molecule has 2 aromatic rings. The summed E-state index contributed by atoms with van der Waals surface area (Å²) >= 11 is 6.03. The highest BCUT2D eigenvalue weighted by Crippen LogP contribution is 2.33. The van der Waals surface area contributed by atoms with Gasteiger partial charge in [-0.05, 0) is 55.3 Å². The Morgan fingerprint density at radius 2 is 1.97 bits per heavy atom. The van der Waals surface area contributed by atoms with E-state index in [1.54, 1.807) is 35.2 Å². The number of halogens is 1. The van der Waals surface area contributed by atoms with Crippen molar-refractivity contribution in [1.82, 2.24) is 4.72 Å². The monoisotopic (exact) mass is 465 g/mol. The molecule has 1 atom stereocenters. The number of carbonyl (C=O) groups excluding carboxylic acids is 2. The number of methoxy groups -OCH3 is 1. The number of hydrogen-bond acceptors (Lipinski definition) is 5. The van der Waals surface area contributed by atoms with Gasteiger partial charge in [0, 0.05) is 37.3 Å². The first kappa shape index (κ1) is 23.1. The van der Waals surface area contributed by atoms with Crippen molar-refractivity contribution in [2.45, 2.75) is 37.6 Å². The Labute approximate surface area is 186 Å². The van der Waals surface area contributed by atoms with Gasteiger partial charge in [0.15, 0.2) is 0 Å². The fourth-order valence-electron chi connectivity index (χ4n) is 3.60. The first-order valence-corrected chi connectivity index (χ1v) is 11.5.